The molecule has 0 radical (unpaired) electrons. The van der Waals surface area contributed by atoms with Crippen LogP contribution in [0.2, 0.25) is 0 Å². The van der Waals surface area contributed by atoms with E-state index in [2.05, 4.69) is 6.92 Å². The Morgan fingerprint density at radius 3 is 2.36 bits per heavy atom. The summed E-state index contributed by atoms with van der Waals surface area (Å²) in [6, 6.07) is 1.93. The monoisotopic (exact) mass is 354 g/mol. The van der Waals surface area contributed by atoms with Crippen LogP contribution in [0.4, 0.5) is 17.6 Å². The minimum absolute atomic E-state index is 0.269. The molecule has 1 saturated heterocycles. The average molecular weight is 354 g/mol. The van der Waals surface area contributed by atoms with Crippen LogP contribution in [-0.4, -0.2) is 6.61 Å². The lowest BCUT2D eigenvalue weighted by Crippen LogP contribution is -2.20. The fraction of sp³-hybridized carbons (Fsp3) is 0.400. The molecule has 0 aliphatic carbocycles. The summed E-state index contributed by atoms with van der Waals surface area (Å²) in [5.74, 6) is -5.71. The SMILES string of the molecule is [2H]c1c(F)c(F)c(F)c([2H])c1-c1ccc(C2CCC(CCC)CO2)cc1F. The molecule has 0 aromatic heterocycles. The summed E-state index contributed by atoms with van der Waals surface area (Å²) in [5.41, 5.74) is -0.332. The van der Waals surface area contributed by atoms with Gasteiger partial charge in [-0.05, 0) is 54.5 Å². The number of hydrogen-bond acceptors (Lipinski definition) is 1. The zero-order valence-electron chi connectivity index (χ0n) is 15.8. The highest BCUT2D eigenvalue weighted by Gasteiger charge is 2.23. The minimum atomic E-state index is -1.90. The Morgan fingerprint density at radius 1 is 1.08 bits per heavy atom. The first-order valence-electron chi connectivity index (χ1n) is 9.40. The van der Waals surface area contributed by atoms with Crippen LogP contribution < -0.4 is 0 Å². The first kappa shape index (κ1) is 15.4. The van der Waals surface area contributed by atoms with E-state index in [9.17, 15) is 17.6 Å². The smallest absolute Gasteiger partial charge is 0.194 e. The number of ether oxygens (including phenoxy) is 1. The Bertz CT molecular complexity index is 819. The van der Waals surface area contributed by atoms with Crippen molar-refractivity contribution < 1.29 is 25.0 Å². The highest BCUT2D eigenvalue weighted by atomic mass is 19.2. The van der Waals surface area contributed by atoms with E-state index in [1.807, 2.05) is 0 Å². The summed E-state index contributed by atoms with van der Waals surface area (Å²) < 4.78 is 76.4. The van der Waals surface area contributed by atoms with Crippen LogP contribution in [0.5, 0.6) is 0 Å². The van der Waals surface area contributed by atoms with Crippen molar-refractivity contribution in [1.82, 2.24) is 0 Å². The molecule has 25 heavy (non-hydrogen) atoms. The van der Waals surface area contributed by atoms with Gasteiger partial charge in [0.1, 0.15) is 5.82 Å². The van der Waals surface area contributed by atoms with E-state index in [1.165, 1.54) is 12.1 Å². The maximum atomic E-state index is 14.7. The Hall–Kier alpha value is -1.88. The molecule has 2 aromatic carbocycles. The van der Waals surface area contributed by atoms with E-state index in [4.69, 9.17) is 7.48 Å². The Labute approximate surface area is 147 Å². The van der Waals surface area contributed by atoms with Crippen LogP contribution in [0, 0.1) is 29.2 Å². The molecule has 1 fully saturated rings. The normalized spacial score (nSPS) is 21.8. The van der Waals surface area contributed by atoms with Gasteiger partial charge in [0.2, 0.25) is 0 Å². The standard InChI is InChI=1S/C20H20F4O/c1-2-3-12-4-7-19(25-11-12)13-5-6-15(16(21)8-13)14-9-17(22)20(24)18(23)10-14/h5-6,8-10,12,19H,2-4,7,11H2,1H3/i9D,10D. The second-order valence-electron chi connectivity index (χ2n) is 6.36. The van der Waals surface area contributed by atoms with Gasteiger partial charge < -0.3 is 4.74 Å². The van der Waals surface area contributed by atoms with Gasteiger partial charge in [0.05, 0.1) is 15.5 Å². The summed E-state index contributed by atoms with van der Waals surface area (Å²) >= 11 is 0. The van der Waals surface area contributed by atoms with Crippen molar-refractivity contribution in [1.29, 1.82) is 0 Å². The largest absolute Gasteiger partial charge is 0.373 e. The molecule has 0 saturated carbocycles. The Balaban J connectivity index is 1.91. The van der Waals surface area contributed by atoms with Crippen LogP contribution in [0.15, 0.2) is 30.3 Å². The molecule has 1 aliphatic heterocycles. The molecular formula is C20H20F4O. The fourth-order valence-corrected chi connectivity index (χ4v) is 3.23. The molecule has 1 aliphatic rings. The first-order chi connectivity index (χ1) is 12.8. The summed E-state index contributed by atoms with van der Waals surface area (Å²) in [5, 5.41) is 0. The van der Waals surface area contributed by atoms with Crippen molar-refractivity contribution in [3.05, 3.63) is 59.1 Å². The zero-order valence-corrected chi connectivity index (χ0v) is 13.8. The van der Waals surface area contributed by atoms with Crippen LogP contribution in [0.1, 0.15) is 47.0 Å². The van der Waals surface area contributed by atoms with Gasteiger partial charge in [-0.2, -0.15) is 0 Å². The second-order valence-corrected chi connectivity index (χ2v) is 6.36. The lowest BCUT2D eigenvalue weighted by Gasteiger charge is -2.29. The molecule has 0 amide bonds. The lowest BCUT2D eigenvalue weighted by atomic mass is 9.91. The summed E-state index contributed by atoms with van der Waals surface area (Å²) in [4.78, 5) is 0. The molecule has 3 rings (SSSR count). The maximum Gasteiger partial charge on any atom is 0.194 e. The van der Waals surface area contributed by atoms with E-state index < -0.39 is 40.9 Å². The third kappa shape index (κ3) is 3.87. The van der Waals surface area contributed by atoms with Gasteiger partial charge >= 0.3 is 0 Å². The molecule has 134 valence electrons. The molecule has 1 heterocycles. The van der Waals surface area contributed by atoms with E-state index >= 15 is 0 Å². The van der Waals surface area contributed by atoms with E-state index in [0.29, 0.717) is 18.1 Å². The van der Waals surface area contributed by atoms with Crippen molar-refractivity contribution >= 4 is 0 Å². The molecule has 2 unspecified atom stereocenters. The zero-order chi connectivity index (χ0) is 19.7. The number of halogens is 4. The van der Waals surface area contributed by atoms with Gasteiger partial charge in [-0.1, -0.05) is 25.5 Å². The van der Waals surface area contributed by atoms with Crippen LogP contribution in [0.3, 0.4) is 0 Å². The van der Waals surface area contributed by atoms with Crippen LogP contribution in [-0.2, 0) is 4.74 Å². The molecular weight excluding hydrogens is 332 g/mol. The predicted molar refractivity (Wildman–Crippen MR) is 88.0 cm³/mol. The van der Waals surface area contributed by atoms with Gasteiger partial charge in [0, 0.05) is 5.56 Å². The van der Waals surface area contributed by atoms with E-state index in [1.54, 1.807) is 6.07 Å². The molecule has 0 N–H and O–H groups in total. The predicted octanol–water partition coefficient (Wildman–Crippen LogP) is 6.18. The van der Waals surface area contributed by atoms with Crippen molar-refractivity contribution in [2.45, 2.75) is 38.7 Å². The molecule has 1 nitrogen and oxygen atoms in total. The summed E-state index contributed by atoms with van der Waals surface area (Å²) in [6.07, 6.45) is 3.62. The average Bonchev–Trinajstić information content (AvgIpc) is 2.67. The Morgan fingerprint density at radius 2 is 1.80 bits per heavy atom. The van der Waals surface area contributed by atoms with Crippen molar-refractivity contribution in [3.63, 3.8) is 0 Å². The molecule has 0 spiro atoms. The van der Waals surface area contributed by atoms with Crippen LogP contribution >= 0.6 is 0 Å². The molecule has 2 atom stereocenters. The Kier molecular flexibility index (Phi) is 4.65. The van der Waals surface area contributed by atoms with Gasteiger partial charge in [-0.25, -0.2) is 17.6 Å². The van der Waals surface area contributed by atoms with Crippen molar-refractivity contribution in [3.8, 4) is 11.1 Å². The summed E-state index contributed by atoms with van der Waals surface area (Å²) in [7, 11) is 0. The fourth-order valence-electron chi connectivity index (χ4n) is 3.23. The number of hydrogen-bond donors (Lipinski definition) is 0. The van der Waals surface area contributed by atoms with Gasteiger partial charge in [-0.15, -0.1) is 0 Å². The van der Waals surface area contributed by atoms with Crippen molar-refractivity contribution in [2.75, 3.05) is 6.61 Å². The van der Waals surface area contributed by atoms with E-state index in [0.717, 1.165) is 25.7 Å². The first-order valence-corrected chi connectivity index (χ1v) is 8.40. The lowest BCUT2D eigenvalue weighted by molar-refractivity contribution is -0.0195. The summed E-state index contributed by atoms with van der Waals surface area (Å²) in [6.45, 7) is 2.71. The second kappa shape index (κ2) is 7.56. The molecule has 2 aromatic rings. The number of benzene rings is 2. The van der Waals surface area contributed by atoms with Crippen LogP contribution in [0.25, 0.3) is 11.1 Å². The number of rotatable bonds is 4. The molecule has 5 heteroatoms. The van der Waals surface area contributed by atoms with Gasteiger partial charge in [0.15, 0.2) is 17.5 Å². The third-order valence-electron chi connectivity index (χ3n) is 4.56. The van der Waals surface area contributed by atoms with Gasteiger partial charge in [-0.3, -0.25) is 0 Å². The highest BCUT2D eigenvalue weighted by molar-refractivity contribution is 5.64. The highest BCUT2D eigenvalue weighted by Crippen LogP contribution is 2.34. The van der Waals surface area contributed by atoms with Gasteiger partial charge in [0.25, 0.3) is 0 Å². The molecule has 0 bridgehead atoms. The van der Waals surface area contributed by atoms with E-state index in [-0.39, 0.29) is 11.7 Å². The minimum Gasteiger partial charge on any atom is -0.373 e. The van der Waals surface area contributed by atoms with Crippen molar-refractivity contribution in [2.24, 2.45) is 5.92 Å². The quantitative estimate of drug-likeness (QED) is 0.471. The maximum absolute atomic E-state index is 14.7. The third-order valence-corrected chi connectivity index (χ3v) is 4.56. The topological polar surface area (TPSA) is 9.23 Å².